The lowest BCUT2D eigenvalue weighted by molar-refractivity contribution is 0.153. The monoisotopic (exact) mass is 251 g/mol. The number of hydrogen-bond donors (Lipinski definition) is 0. The van der Waals surface area contributed by atoms with Crippen LogP contribution >= 0.6 is 0 Å². The van der Waals surface area contributed by atoms with Crippen molar-refractivity contribution < 1.29 is 9.26 Å². The van der Waals surface area contributed by atoms with Gasteiger partial charge in [0, 0.05) is 25.6 Å². The van der Waals surface area contributed by atoms with Gasteiger partial charge in [0.25, 0.3) is 0 Å². The molecule has 2 fully saturated rings. The van der Waals surface area contributed by atoms with Gasteiger partial charge in [0.15, 0.2) is 5.82 Å². The van der Waals surface area contributed by atoms with Crippen LogP contribution < -0.4 is 0 Å². The summed E-state index contributed by atoms with van der Waals surface area (Å²) in [6, 6.07) is 0.725. The van der Waals surface area contributed by atoms with Gasteiger partial charge in [-0.25, -0.2) is 0 Å². The Kier molecular flexibility index (Phi) is 3.61. The molecule has 0 unspecified atom stereocenters. The van der Waals surface area contributed by atoms with Crippen molar-refractivity contribution in [1.29, 1.82) is 0 Å². The second-order valence-electron chi connectivity index (χ2n) is 5.35. The Balaban J connectivity index is 1.59. The number of aryl methyl sites for hydroxylation is 1. The Hall–Kier alpha value is -0.940. The maximum Gasteiger partial charge on any atom is 0.240 e. The summed E-state index contributed by atoms with van der Waals surface area (Å²) in [5, 5.41) is 3.96. The highest BCUT2D eigenvalue weighted by molar-refractivity contribution is 4.91. The van der Waals surface area contributed by atoms with E-state index in [0.717, 1.165) is 50.5 Å². The molecule has 5 nitrogen and oxygen atoms in total. The summed E-state index contributed by atoms with van der Waals surface area (Å²) in [5.74, 6) is 2.25. The Morgan fingerprint density at radius 3 is 2.83 bits per heavy atom. The molecule has 0 spiro atoms. The second-order valence-corrected chi connectivity index (χ2v) is 5.35. The fourth-order valence-corrected chi connectivity index (χ4v) is 2.51. The SMILES string of the molecule is CCc1noc(CN(C[C@H]2CCOC2)C2CC2)n1. The Labute approximate surface area is 107 Å². The topological polar surface area (TPSA) is 51.4 Å². The van der Waals surface area contributed by atoms with Gasteiger partial charge in [-0.05, 0) is 25.2 Å². The number of ether oxygens (including phenoxy) is 1. The highest BCUT2D eigenvalue weighted by Crippen LogP contribution is 2.30. The van der Waals surface area contributed by atoms with Crippen molar-refractivity contribution >= 4 is 0 Å². The van der Waals surface area contributed by atoms with Gasteiger partial charge in [-0.2, -0.15) is 4.98 Å². The molecule has 2 heterocycles. The molecule has 18 heavy (non-hydrogen) atoms. The minimum absolute atomic E-state index is 0.680. The largest absolute Gasteiger partial charge is 0.381 e. The predicted molar refractivity (Wildman–Crippen MR) is 66.0 cm³/mol. The molecule has 0 aromatic carbocycles. The molecule has 3 rings (SSSR count). The van der Waals surface area contributed by atoms with Crippen LogP contribution in [0.5, 0.6) is 0 Å². The molecule has 1 aromatic rings. The molecule has 0 radical (unpaired) electrons. The summed E-state index contributed by atoms with van der Waals surface area (Å²) in [7, 11) is 0. The van der Waals surface area contributed by atoms with Gasteiger partial charge in [0.05, 0.1) is 13.2 Å². The highest BCUT2D eigenvalue weighted by Gasteiger charge is 2.32. The van der Waals surface area contributed by atoms with Crippen LogP contribution in [0.1, 0.15) is 37.9 Å². The van der Waals surface area contributed by atoms with E-state index < -0.39 is 0 Å². The van der Waals surface area contributed by atoms with Crippen LogP contribution in [0.15, 0.2) is 4.52 Å². The lowest BCUT2D eigenvalue weighted by atomic mass is 10.1. The fraction of sp³-hybridized carbons (Fsp3) is 0.846. The molecular formula is C13H21N3O2. The van der Waals surface area contributed by atoms with Crippen molar-refractivity contribution in [2.75, 3.05) is 19.8 Å². The average Bonchev–Trinajstić information content (AvgIpc) is 2.92. The van der Waals surface area contributed by atoms with E-state index in [0.29, 0.717) is 5.92 Å². The van der Waals surface area contributed by atoms with E-state index in [1.165, 1.54) is 19.3 Å². The van der Waals surface area contributed by atoms with E-state index in [1.807, 2.05) is 6.92 Å². The molecule has 100 valence electrons. The molecule has 0 N–H and O–H groups in total. The molecule has 1 saturated heterocycles. The summed E-state index contributed by atoms with van der Waals surface area (Å²) < 4.78 is 10.7. The van der Waals surface area contributed by atoms with E-state index in [2.05, 4.69) is 15.0 Å². The van der Waals surface area contributed by atoms with Gasteiger partial charge in [0.1, 0.15) is 0 Å². The number of hydrogen-bond acceptors (Lipinski definition) is 5. The molecule has 1 saturated carbocycles. The zero-order chi connectivity index (χ0) is 12.4. The Morgan fingerprint density at radius 2 is 2.22 bits per heavy atom. The number of nitrogens with zero attached hydrogens (tertiary/aromatic N) is 3. The minimum atomic E-state index is 0.680. The maximum absolute atomic E-state index is 5.45. The summed E-state index contributed by atoms with van der Waals surface area (Å²) in [5.41, 5.74) is 0. The first kappa shape index (κ1) is 12.1. The van der Waals surface area contributed by atoms with Crippen molar-refractivity contribution in [2.45, 2.75) is 45.2 Å². The lowest BCUT2D eigenvalue weighted by Gasteiger charge is -2.22. The molecule has 1 aliphatic heterocycles. The normalized spacial score (nSPS) is 24.0. The first-order valence-electron chi connectivity index (χ1n) is 6.98. The van der Waals surface area contributed by atoms with Crippen LogP contribution in [-0.2, 0) is 17.7 Å². The standard InChI is InChI=1S/C13H21N3O2/c1-2-12-14-13(18-15-12)8-16(11-3-4-11)7-10-5-6-17-9-10/h10-11H,2-9H2,1H3/t10-/m1/s1. The molecule has 0 amide bonds. The zero-order valence-electron chi connectivity index (χ0n) is 11.0. The second kappa shape index (κ2) is 5.36. The van der Waals surface area contributed by atoms with Crippen molar-refractivity contribution in [2.24, 2.45) is 5.92 Å². The molecule has 1 aromatic heterocycles. The molecule has 2 aliphatic rings. The zero-order valence-corrected chi connectivity index (χ0v) is 11.0. The number of rotatable bonds is 6. The Morgan fingerprint density at radius 1 is 1.33 bits per heavy atom. The van der Waals surface area contributed by atoms with E-state index in [-0.39, 0.29) is 0 Å². The predicted octanol–water partition coefficient (Wildman–Crippen LogP) is 1.63. The fourth-order valence-electron chi connectivity index (χ4n) is 2.51. The van der Waals surface area contributed by atoms with Crippen LogP contribution in [0, 0.1) is 5.92 Å². The van der Waals surface area contributed by atoms with Gasteiger partial charge >= 0.3 is 0 Å². The van der Waals surface area contributed by atoms with E-state index >= 15 is 0 Å². The molecule has 5 heteroatoms. The van der Waals surface area contributed by atoms with Crippen LogP contribution in [-0.4, -0.2) is 40.8 Å². The Bertz CT molecular complexity index is 383. The first-order chi connectivity index (χ1) is 8.85. The minimum Gasteiger partial charge on any atom is -0.381 e. The van der Waals surface area contributed by atoms with Crippen LogP contribution in [0.2, 0.25) is 0 Å². The van der Waals surface area contributed by atoms with Crippen molar-refractivity contribution in [1.82, 2.24) is 15.0 Å². The summed E-state index contributed by atoms with van der Waals surface area (Å²) in [6.45, 7) is 5.78. The smallest absolute Gasteiger partial charge is 0.240 e. The maximum atomic E-state index is 5.45. The summed E-state index contributed by atoms with van der Waals surface area (Å²) in [4.78, 5) is 6.89. The first-order valence-corrected chi connectivity index (χ1v) is 6.98. The third-order valence-corrected chi connectivity index (χ3v) is 3.74. The van der Waals surface area contributed by atoms with Crippen LogP contribution in [0.4, 0.5) is 0 Å². The third-order valence-electron chi connectivity index (χ3n) is 3.74. The van der Waals surface area contributed by atoms with Crippen LogP contribution in [0.3, 0.4) is 0 Å². The van der Waals surface area contributed by atoms with E-state index in [4.69, 9.17) is 9.26 Å². The van der Waals surface area contributed by atoms with Crippen molar-refractivity contribution in [3.05, 3.63) is 11.7 Å². The van der Waals surface area contributed by atoms with Gasteiger partial charge < -0.3 is 9.26 Å². The van der Waals surface area contributed by atoms with Gasteiger partial charge in [-0.3, -0.25) is 4.90 Å². The van der Waals surface area contributed by atoms with E-state index in [1.54, 1.807) is 0 Å². The average molecular weight is 251 g/mol. The van der Waals surface area contributed by atoms with Crippen LogP contribution in [0.25, 0.3) is 0 Å². The van der Waals surface area contributed by atoms with E-state index in [9.17, 15) is 0 Å². The molecule has 1 aliphatic carbocycles. The van der Waals surface area contributed by atoms with Crippen molar-refractivity contribution in [3.8, 4) is 0 Å². The third kappa shape index (κ3) is 2.90. The molecule has 0 bridgehead atoms. The van der Waals surface area contributed by atoms with Gasteiger partial charge in [-0.1, -0.05) is 12.1 Å². The summed E-state index contributed by atoms with van der Waals surface area (Å²) >= 11 is 0. The summed E-state index contributed by atoms with van der Waals surface area (Å²) in [6.07, 6.45) is 4.64. The van der Waals surface area contributed by atoms with Crippen molar-refractivity contribution in [3.63, 3.8) is 0 Å². The van der Waals surface area contributed by atoms with Gasteiger partial charge in [-0.15, -0.1) is 0 Å². The molecular weight excluding hydrogens is 230 g/mol. The van der Waals surface area contributed by atoms with Gasteiger partial charge in [0.2, 0.25) is 5.89 Å². The quantitative estimate of drug-likeness (QED) is 0.769. The number of aromatic nitrogens is 2. The highest BCUT2D eigenvalue weighted by atomic mass is 16.5. The molecule has 1 atom stereocenters. The lowest BCUT2D eigenvalue weighted by Crippen LogP contribution is -2.31.